The number of anilines is 1. The molecule has 1 saturated heterocycles. The predicted octanol–water partition coefficient (Wildman–Crippen LogP) is 3.68. The van der Waals surface area contributed by atoms with Crippen molar-refractivity contribution < 1.29 is 14.3 Å². The highest BCUT2D eigenvalue weighted by Crippen LogP contribution is 2.40. The van der Waals surface area contributed by atoms with E-state index in [1.165, 1.54) is 0 Å². The van der Waals surface area contributed by atoms with E-state index in [2.05, 4.69) is 42.9 Å². The third-order valence-corrected chi connectivity index (χ3v) is 6.20. The van der Waals surface area contributed by atoms with Crippen molar-refractivity contribution in [2.24, 2.45) is 5.41 Å². The molecule has 2 aromatic rings. The molecule has 1 aliphatic carbocycles. The molecule has 4 rings (SSSR count). The number of benzene rings is 1. The van der Waals surface area contributed by atoms with Gasteiger partial charge < -0.3 is 19.7 Å². The van der Waals surface area contributed by atoms with E-state index in [0.29, 0.717) is 12.2 Å². The van der Waals surface area contributed by atoms with Gasteiger partial charge in [0.05, 0.1) is 30.6 Å². The van der Waals surface area contributed by atoms with Crippen molar-refractivity contribution in [2.75, 3.05) is 25.1 Å². The van der Waals surface area contributed by atoms with Crippen molar-refractivity contribution in [2.45, 2.75) is 65.4 Å². The number of carbonyl (C=O) groups excluding carboxylic acids is 1. The zero-order chi connectivity index (χ0) is 22.9. The lowest BCUT2D eigenvalue weighted by molar-refractivity contribution is -0.00575. The number of fused-ring (bicyclic) bond motifs is 1. The molecule has 1 aromatic carbocycles. The van der Waals surface area contributed by atoms with Crippen molar-refractivity contribution in [3.05, 3.63) is 52.8 Å². The monoisotopic (exact) mass is 438 g/mol. The van der Waals surface area contributed by atoms with Gasteiger partial charge in [-0.3, -0.25) is 4.79 Å². The molecule has 32 heavy (non-hydrogen) atoms. The lowest BCUT2D eigenvalue weighted by atomic mass is 9.74. The van der Waals surface area contributed by atoms with Crippen LogP contribution in [0.15, 0.2) is 30.5 Å². The van der Waals surface area contributed by atoms with Crippen molar-refractivity contribution in [1.82, 2.24) is 15.3 Å². The maximum atomic E-state index is 13.0. The molecule has 172 valence electrons. The van der Waals surface area contributed by atoms with Gasteiger partial charge in [0.15, 0.2) is 0 Å². The minimum Gasteiger partial charge on any atom is -0.380 e. The highest BCUT2D eigenvalue weighted by atomic mass is 16.5. The summed E-state index contributed by atoms with van der Waals surface area (Å²) < 4.78 is 11.0. The quantitative estimate of drug-likeness (QED) is 0.767. The fourth-order valence-electron chi connectivity index (χ4n) is 4.82. The largest absolute Gasteiger partial charge is 0.380 e. The first kappa shape index (κ1) is 22.7. The highest BCUT2D eigenvalue weighted by molar-refractivity contribution is 5.94. The van der Waals surface area contributed by atoms with Gasteiger partial charge in [0.1, 0.15) is 0 Å². The summed E-state index contributed by atoms with van der Waals surface area (Å²) in [7, 11) is 1.66. The lowest BCUT2D eigenvalue weighted by Crippen LogP contribution is -2.46. The minimum atomic E-state index is -0.114. The first-order valence-electron chi connectivity index (χ1n) is 11.4. The van der Waals surface area contributed by atoms with E-state index in [-0.39, 0.29) is 29.6 Å². The third-order valence-electron chi connectivity index (χ3n) is 6.20. The van der Waals surface area contributed by atoms with Crippen molar-refractivity contribution in [1.29, 1.82) is 0 Å². The van der Waals surface area contributed by atoms with Crippen LogP contribution in [0.5, 0.6) is 0 Å². The van der Waals surface area contributed by atoms with Gasteiger partial charge >= 0.3 is 0 Å². The second-order valence-corrected chi connectivity index (χ2v) is 9.94. The molecular weight excluding hydrogens is 404 g/mol. The summed E-state index contributed by atoms with van der Waals surface area (Å²) in [6.45, 7) is 10.7. The predicted molar refractivity (Wildman–Crippen MR) is 124 cm³/mol. The number of hydrogen-bond donors (Lipinski definition) is 1. The maximum Gasteiger partial charge on any atom is 0.251 e. The average Bonchev–Trinajstić information content (AvgIpc) is 2.72. The van der Waals surface area contributed by atoms with E-state index in [1.807, 2.05) is 30.5 Å². The molecule has 3 unspecified atom stereocenters. The third kappa shape index (κ3) is 5.10. The van der Waals surface area contributed by atoms with Crippen LogP contribution in [-0.2, 0) is 22.5 Å². The zero-order valence-electron chi connectivity index (χ0n) is 19.7. The second-order valence-electron chi connectivity index (χ2n) is 9.94. The smallest absolute Gasteiger partial charge is 0.251 e. The molecule has 1 fully saturated rings. The number of morpholine rings is 1. The van der Waals surface area contributed by atoms with Gasteiger partial charge in [-0.2, -0.15) is 0 Å². The molecule has 2 heterocycles. The Morgan fingerprint density at radius 2 is 1.91 bits per heavy atom. The van der Waals surface area contributed by atoms with Crippen molar-refractivity contribution >= 4 is 11.9 Å². The van der Waals surface area contributed by atoms with Crippen LogP contribution in [0.4, 0.5) is 5.95 Å². The summed E-state index contributed by atoms with van der Waals surface area (Å²) in [6, 6.07) is 7.43. The van der Waals surface area contributed by atoms with Crippen LogP contribution in [0.1, 0.15) is 67.3 Å². The standard InChI is InChI=1S/C25H34N4O3/c1-16-13-29(14-17(2)32-16)24-26-12-20-21(10-25(3,4)11-22(20)28-24)27-23(30)19-8-6-18(7-9-19)15-31-5/h6-9,12,16-17,21H,10-11,13-15H2,1-5H3,(H,27,30). The molecule has 1 N–H and O–H groups in total. The molecule has 0 radical (unpaired) electrons. The highest BCUT2D eigenvalue weighted by Gasteiger charge is 2.35. The number of aromatic nitrogens is 2. The summed E-state index contributed by atoms with van der Waals surface area (Å²) in [6.07, 6.45) is 3.92. The van der Waals surface area contributed by atoms with E-state index in [1.54, 1.807) is 7.11 Å². The molecule has 7 heteroatoms. The Bertz CT molecular complexity index is 950. The van der Waals surface area contributed by atoms with E-state index in [9.17, 15) is 4.79 Å². The van der Waals surface area contributed by atoms with Crippen LogP contribution in [0, 0.1) is 5.41 Å². The molecule has 0 bridgehead atoms. The summed E-state index contributed by atoms with van der Waals surface area (Å²) >= 11 is 0. The number of nitrogens with zero attached hydrogens (tertiary/aromatic N) is 3. The van der Waals surface area contributed by atoms with Crippen LogP contribution >= 0.6 is 0 Å². The van der Waals surface area contributed by atoms with E-state index < -0.39 is 0 Å². The molecule has 3 atom stereocenters. The van der Waals surface area contributed by atoms with Gasteiger partial charge in [-0.15, -0.1) is 0 Å². The van der Waals surface area contributed by atoms with Gasteiger partial charge in [0.25, 0.3) is 5.91 Å². The number of ether oxygens (including phenoxy) is 2. The summed E-state index contributed by atoms with van der Waals surface area (Å²) in [5, 5.41) is 3.23. The average molecular weight is 439 g/mol. The van der Waals surface area contributed by atoms with Crippen LogP contribution in [0.25, 0.3) is 0 Å². The van der Waals surface area contributed by atoms with E-state index in [0.717, 1.165) is 48.7 Å². The summed E-state index contributed by atoms with van der Waals surface area (Å²) in [5.74, 6) is 0.671. The minimum absolute atomic E-state index is 0.0322. The van der Waals surface area contributed by atoms with E-state index in [4.69, 9.17) is 14.5 Å². The molecular formula is C25H34N4O3. The number of methoxy groups -OCH3 is 1. The fourth-order valence-corrected chi connectivity index (χ4v) is 4.82. The Labute approximate surface area is 190 Å². The summed E-state index contributed by atoms with van der Waals surface area (Å²) in [5.41, 5.74) is 3.76. The molecule has 0 saturated carbocycles. The first-order valence-corrected chi connectivity index (χ1v) is 11.4. The summed E-state index contributed by atoms with van der Waals surface area (Å²) in [4.78, 5) is 24.8. The van der Waals surface area contributed by atoms with Crippen molar-refractivity contribution in [3.63, 3.8) is 0 Å². The van der Waals surface area contributed by atoms with Gasteiger partial charge in [-0.25, -0.2) is 9.97 Å². The first-order chi connectivity index (χ1) is 15.2. The SMILES string of the molecule is COCc1ccc(C(=O)NC2CC(C)(C)Cc3nc(N4CC(C)OC(C)C4)ncc32)cc1. The zero-order valence-corrected chi connectivity index (χ0v) is 19.7. The number of nitrogens with one attached hydrogen (secondary N) is 1. The second kappa shape index (κ2) is 9.16. The number of hydrogen-bond acceptors (Lipinski definition) is 6. The topological polar surface area (TPSA) is 76.6 Å². The van der Waals surface area contributed by atoms with Gasteiger partial charge in [-0.05, 0) is 49.8 Å². The Morgan fingerprint density at radius 1 is 1.22 bits per heavy atom. The fraction of sp³-hybridized carbons (Fsp3) is 0.560. The normalized spacial score (nSPS) is 24.7. The molecule has 1 amide bonds. The van der Waals surface area contributed by atoms with E-state index >= 15 is 0 Å². The molecule has 2 aliphatic rings. The van der Waals surface area contributed by atoms with Crippen LogP contribution < -0.4 is 10.2 Å². The van der Waals surface area contributed by atoms with Crippen LogP contribution in [0.2, 0.25) is 0 Å². The van der Waals surface area contributed by atoms with Crippen molar-refractivity contribution in [3.8, 4) is 0 Å². The van der Waals surface area contributed by atoms with Gasteiger partial charge in [0, 0.05) is 37.5 Å². The number of amides is 1. The Kier molecular flexibility index (Phi) is 6.49. The van der Waals surface area contributed by atoms with Crippen LogP contribution in [0.3, 0.4) is 0 Å². The lowest BCUT2D eigenvalue weighted by Gasteiger charge is -2.38. The molecule has 1 aromatic heterocycles. The van der Waals surface area contributed by atoms with Crippen LogP contribution in [-0.4, -0.2) is 48.3 Å². The molecule has 7 nitrogen and oxygen atoms in total. The number of rotatable bonds is 5. The molecule has 1 aliphatic heterocycles. The van der Waals surface area contributed by atoms with Gasteiger partial charge in [0.2, 0.25) is 5.95 Å². The Balaban J connectivity index is 1.55. The van der Waals surface area contributed by atoms with Gasteiger partial charge in [-0.1, -0.05) is 26.0 Å². The molecule has 0 spiro atoms. The Morgan fingerprint density at radius 3 is 2.56 bits per heavy atom. The maximum absolute atomic E-state index is 13.0. The number of carbonyl (C=O) groups is 1. The Hall–Kier alpha value is -2.51.